The summed E-state index contributed by atoms with van der Waals surface area (Å²) in [6, 6.07) is 12.5. The number of nitro groups is 1. The van der Waals surface area contributed by atoms with Gasteiger partial charge in [-0.1, -0.05) is 18.2 Å². The molecule has 170 valence electrons. The fourth-order valence-corrected chi connectivity index (χ4v) is 3.66. The van der Waals surface area contributed by atoms with Gasteiger partial charge in [-0.15, -0.1) is 0 Å². The van der Waals surface area contributed by atoms with Crippen molar-refractivity contribution in [3.05, 3.63) is 80.7 Å². The van der Waals surface area contributed by atoms with Gasteiger partial charge in [0.05, 0.1) is 11.5 Å². The number of nitrogens with zero attached hydrogens (tertiary/aromatic N) is 3. The molecule has 0 saturated heterocycles. The first-order valence-corrected chi connectivity index (χ1v) is 10.7. The molecule has 1 aliphatic carbocycles. The molecule has 0 unspecified atom stereocenters. The Balaban J connectivity index is 1.44. The zero-order chi connectivity index (χ0) is 23.7. The number of hydrogen-bond donors (Lipinski definition) is 2. The molecule has 1 aromatic heterocycles. The summed E-state index contributed by atoms with van der Waals surface area (Å²) in [4.78, 5) is 35.6. The summed E-state index contributed by atoms with van der Waals surface area (Å²) in [5.41, 5.74) is 4.41. The Hall–Kier alpha value is -4.01. The van der Waals surface area contributed by atoms with Crippen molar-refractivity contribution in [1.82, 2.24) is 9.78 Å². The van der Waals surface area contributed by atoms with E-state index in [2.05, 4.69) is 15.7 Å². The van der Waals surface area contributed by atoms with Crippen molar-refractivity contribution in [3.8, 4) is 0 Å². The fraction of sp³-hybridized carbons (Fsp3) is 0.292. The lowest BCUT2D eigenvalue weighted by atomic mass is 10.1. The van der Waals surface area contributed by atoms with E-state index in [1.54, 1.807) is 48.9 Å². The minimum atomic E-state index is -0.421. The standard InChI is InChI=1S/C24H25N5O4/c1-14-4-11-20(25-23(30)19-9-10-19)12-21(14)26-24(31)18-7-5-17(6-8-18)13-28-16(3)22(29(32)33)15(2)27-28/h4-8,11-12,19H,9-10,13H2,1-3H3,(H,25,30)(H,26,31). The SMILES string of the molecule is Cc1ccc(NC(=O)C2CC2)cc1NC(=O)c1ccc(Cn2nc(C)c([N+](=O)[O-])c2C)cc1. The largest absolute Gasteiger partial charge is 0.326 e. The monoisotopic (exact) mass is 447 g/mol. The first-order valence-electron chi connectivity index (χ1n) is 10.7. The quantitative estimate of drug-likeness (QED) is 0.412. The molecule has 0 atom stereocenters. The van der Waals surface area contributed by atoms with E-state index in [0.717, 1.165) is 24.0 Å². The number of amides is 2. The lowest BCUT2D eigenvalue weighted by Gasteiger charge is -2.12. The minimum Gasteiger partial charge on any atom is -0.326 e. The van der Waals surface area contributed by atoms with Gasteiger partial charge in [0.2, 0.25) is 5.91 Å². The highest BCUT2D eigenvalue weighted by Crippen LogP contribution is 2.31. The van der Waals surface area contributed by atoms with Gasteiger partial charge in [-0.05, 0) is 69.0 Å². The second-order valence-corrected chi connectivity index (χ2v) is 8.38. The number of rotatable bonds is 7. The van der Waals surface area contributed by atoms with Crippen LogP contribution in [-0.2, 0) is 11.3 Å². The normalized spacial score (nSPS) is 12.9. The maximum absolute atomic E-state index is 12.8. The lowest BCUT2D eigenvalue weighted by Crippen LogP contribution is -2.15. The molecule has 2 aromatic carbocycles. The van der Waals surface area contributed by atoms with E-state index in [-0.39, 0.29) is 23.4 Å². The first kappa shape index (κ1) is 22.2. The minimum absolute atomic E-state index is 0.0136. The van der Waals surface area contributed by atoms with Gasteiger partial charge in [0.15, 0.2) is 0 Å². The van der Waals surface area contributed by atoms with Crippen LogP contribution < -0.4 is 10.6 Å². The number of hydrogen-bond acceptors (Lipinski definition) is 5. The Kier molecular flexibility index (Phi) is 5.95. The van der Waals surface area contributed by atoms with Crippen molar-refractivity contribution in [2.75, 3.05) is 10.6 Å². The highest BCUT2D eigenvalue weighted by molar-refractivity contribution is 6.05. The molecule has 0 spiro atoms. The van der Waals surface area contributed by atoms with Gasteiger partial charge in [-0.25, -0.2) is 0 Å². The molecule has 3 aromatic rings. The molecular formula is C24H25N5O4. The molecule has 0 bridgehead atoms. The van der Waals surface area contributed by atoms with Gasteiger partial charge in [-0.2, -0.15) is 5.10 Å². The zero-order valence-corrected chi connectivity index (χ0v) is 18.7. The number of benzene rings is 2. The van der Waals surface area contributed by atoms with E-state index < -0.39 is 4.92 Å². The van der Waals surface area contributed by atoms with Crippen molar-refractivity contribution < 1.29 is 14.5 Å². The number of nitrogens with one attached hydrogen (secondary N) is 2. The summed E-state index contributed by atoms with van der Waals surface area (Å²) >= 11 is 0. The Morgan fingerprint density at radius 1 is 1.09 bits per heavy atom. The third-order valence-corrected chi connectivity index (χ3v) is 5.78. The van der Waals surface area contributed by atoms with Crippen molar-refractivity contribution in [2.45, 2.75) is 40.2 Å². The molecule has 9 nitrogen and oxygen atoms in total. The van der Waals surface area contributed by atoms with Crippen LogP contribution >= 0.6 is 0 Å². The summed E-state index contributed by atoms with van der Waals surface area (Å²) in [5, 5.41) is 21.2. The van der Waals surface area contributed by atoms with Gasteiger partial charge < -0.3 is 10.6 Å². The molecule has 0 radical (unpaired) electrons. The molecule has 1 aliphatic rings. The Labute approximate surface area is 191 Å². The van der Waals surface area contributed by atoms with Gasteiger partial charge >= 0.3 is 5.69 Å². The summed E-state index contributed by atoms with van der Waals surface area (Å²) < 4.78 is 1.59. The van der Waals surface area contributed by atoms with Crippen LogP contribution in [0.5, 0.6) is 0 Å². The second-order valence-electron chi connectivity index (χ2n) is 8.38. The van der Waals surface area contributed by atoms with E-state index in [4.69, 9.17) is 0 Å². The van der Waals surface area contributed by atoms with Crippen LogP contribution in [0.15, 0.2) is 42.5 Å². The predicted molar refractivity (Wildman–Crippen MR) is 124 cm³/mol. The highest BCUT2D eigenvalue weighted by atomic mass is 16.6. The van der Waals surface area contributed by atoms with E-state index in [1.807, 2.05) is 19.1 Å². The molecule has 33 heavy (non-hydrogen) atoms. The maximum atomic E-state index is 12.8. The topological polar surface area (TPSA) is 119 Å². The third kappa shape index (κ3) is 4.92. The number of carbonyl (C=O) groups is 2. The molecule has 1 saturated carbocycles. The van der Waals surface area contributed by atoms with Crippen LogP contribution in [0.1, 0.15) is 45.7 Å². The third-order valence-electron chi connectivity index (χ3n) is 5.78. The Morgan fingerprint density at radius 3 is 2.39 bits per heavy atom. The summed E-state index contributed by atoms with van der Waals surface area (Å²) in [6.07, 6.45) is 1.85. The van der Waals surface area contributed by atoms with Crippen LogP contribution in [0, 0.1) is 36.8 Å². The maximum Gasteiger partial charge on any atom is 0.312 e. The molecular weight excluding hydrogens is 422 g/mol. The van der Waals surface area contributed by atoms with Crippen molar-refractivity contribution in [1.29, 1.82) is 0 Å². The zero-order valence-electron chi connectivity index (χ0n) is 18.7. The molecule has 1 heterocycles. The summed E-state index contributed by atoms with van der Waals surface area (Å²) in [6.45, 7) is 5.54. The van der Waals surface area contributed by atoms with Crippen molar-refractivity contribution >= 4 is 28.9 Å². The van der Waals surface area contributed by atoms with Gasteiger partial charge in [0.25, 0.3) is 5.91 Å². The lowest BCUT2D eigenvalue weighted by molar-refractivity contribution is -0.386. The van der Waals surface area contributed by atoms with Crippen LogP contribution in [0.4, 0.5) is 17.1 Å². The number of carbonyl (C=O) groups excluding carboxylic acids is 2. The average Bonchev–Trinajstić information content (AvgIpc) is 3.57. The van der Waals surface area contributed by atoms with Crippen LogP contribution in [-0.4, -0.2) is 26.5 Å². The van der Waals surface area contributed by atoms with Crippen LogP contribution in [0.3, 0.4) is 0 Å². The van der Waals surface area contributed by atoms with E-state index >= 15 is 0 Å². The van der Waals surface area contributed by atoms with E-state index in [0.29, 0.717) is 34.9 Å². The highest BCUT2D eigenvalue weighted by Gasteiger charge is 2.29. The fourth-order valence-electron chi connectivity index (χ4n) is 3.66. The summed E-state index contributed by atoms with van der Waals surface area (Å²) in [7, 11) is 0. The van der Waals surface area contributed by atoms with Crippen molar-refractivity contribution in [3.63, 3.8) is 0 Å². The van der Waals surface area contributed by atoms with Crippen molar-refractivity contribution in [2.24, 2.45) is 5.92 Å². The second kappa shape index (κ2) is 8.85. The summed E-state index contributed by atoms with van der Waals surface area (Å²) in [5.74, 6) is -0.153. The molecule has 2 amide bonds. The Bertz CT molecular complexity index is 1240. The van der Waals surface area contributed by atoms with E-state index in [1.165, 1.54) is 0 Å². The molecule has 9 heteroatoms. The number of aryl methyl sites for hydroxylation is 2. The smallest absolute Gasteiger partial charge is 0.312 e. The first-order chi connectivity index (χ1) is 15.7. The number of anilines is 2. The van der Waals surface area contributed by atoms with Crippen LogP contribution in [0.2, 0.25) is 0 Å². The molecule has 0 aliphatic heterocycles. The molecule has 4 rings (SSSR count). The Morgan fingerprint density at radius 2 is 1.79 bits per heavy atom. The average molecular weight is 447 g/mol. The number of aromatic nitrogens is 2. The molecule has 2 N–H and O–H groups in total. The van der Waals surface area contributed by atoms with Crippen LogP contribution in [0.25, 0.3) is 0 Å². The van der Waals surface area contributed by atoms with Gasteiger partial charge in [0.1, 0.15) is 11.4 Å². The molecule has 1 fully saturated rings. The predicted octanol–water partition coefficient (Wildman–Crippen LogP) is 4.37. The van der Waals surface area contributed by atoms with Gasteiger partial charge in [-0.3, -0.25) is 24.4 Å². The van der Waals surface area contributed by atoms with Gasteiger partial charge in [0, 0.05) is 22.9 Å². The van der Waals surface area contributed by atoms with E-state index in [9.17, 15) is 19.7 Å².